The summed E-state index contributed by atoms with van der Waals surface area (Å²) in [6.45, 7) is 0.191. The molecule has 0 aliphatic heterocycles. The highest BCUT2D eigenvalue weighted by molar-refractivity contribution is 7.89. The number of anilines is 1. The summed E-state index contributed by atoms with van der Waals surface area (Å²) in [6.07, 6.45) is 2.25. The van der Waals surface area contributed by atoms with Crippen molar-refractivity contribution < 1.29 is 8.42 Å². The van der Waals surface area contributed by atoms with Crippen LogP contribution in [0.5, 0.6) is 0 Å². The quantitative estimate of drug-likeness (QED) is 0.806. The van der Waals surface area contributed by atoms with E-state index in [0.717, 1.165) is 5.69 Å². The van der Waals surface area contributed by atoms with Crippen molar-refractivity contribution in [1.29, 1.82) is 0 Å². The molecular formula is C12H14Cl2N4O2S. The van der Waals surface area contributed by atoms with E-state index in [4.69, 9.17) is 28.9 Å². The lowest BCUT2D eigenvalue weighted by Crippen LogP contribution is -2.26. The third kappa shape index (κ3) is 3.88. The van der Waals surface area contributed by atoms with E-state index in [9.17, 15) is 8.42 Å². The molecular weight excluding hydrogens is 335 g/mol. The number of nitrogen functional groups attached to an aromatic ring is 1. The lowest BCUT2D eigenvalue weighted by molar-refractivity contribution is 0.581. The van der Waals surface area contributed by atoms with Gasteiger partial charge in [0.05, 0.1) is 15.7 Å². The minimum absolute atomic E-state index is 0.00895. The number of sulfonamides is 1. The molecule has 114 valence electrons. The first-order valence-corrected chi connectivity index (χ1v) is 8.26. The largest absolute Gasteiger partial charge is 0.399 e. The molecule has 0 amide bonds. The van der Waals surface area contributed by atoms with Crippen LogP contribution >= 0.6 is 23.2 Å². The van der Waals surface area contributed by atoms with E-state index in [1.165, 1.54) is 12.1 Å². The summed E-state index contributed by atoms with van der Waals surface area (Å²) in [5.41, 5.74) is 6.65. The average molecular weight is 349 g/mol. The van der Waals surface area contributed by atoms with E-state index in [1.54, 1.807) is 17.9 Å². The Labute approximate surface area is 132 Å². The zero-order valence-electron chi connectivity index (χ0n) is 11.2. The summed E-state index contributed by atoms with van der Waals surface area (Å²) in [5.74, 6) is 0. The second-order valence-electron chi connectivity index (χ2n) is 4.44. The molecule has 0 bridgehead atoms. The number of aryl methyl sites for hydroxylation is 1. The first-order chi connectivity index (χ1) is 9.79. The molecule has 2 rings (SSSR count). The highest BCUT2D eigenvalue weighted by Crippen LogP contribution is 2.31. The van der Waals surface area contributed by atoms with Gasteiger partial charge in [0.15, 0.2) is 0 Å². The van der Waals surface area contributed by atoms with Crippen molar-refractivity contribution in [3.63, 3.8) is 0 Å². The summed E-state index contributed by atoms with van der Waals surface area (Å²) < 4.78 is 28.6. The van der Waals surface area contributed by atoms with Gasteiger partial charge in [-0.1, -0.05) is 23.2 Å². The lowest BCUT2D eigenvalue weighted by Gasteiger charge is -2.10. The number of benzene rings is 1. The number of nitrogens with one attached hydrogen (secondary N) is 1. The predicted octanol–water partition coefficient (Wildman–Crippen LogP) is 1.83. The predicted molar refractivity (Wildman–Crippen MR) is 83.0 cm³/mol. The second-order valence-corrected chi connectivity index (χ2v) is 6.96. The molecule has 0 aliphatic carbocycles. The number of nitrogens with zero attached hydrogens (tertiary/aromatic N) is 2. The van der Waals surface area contributed by atoms with Gasteiger partial charge >= 0.3 is 0 Å². The van der Waals surface area contributed by atoms with Crippen LogP contribution in [-0.2, 0) is 23.5 Å². The summed E-state index contributed by atoms with van der Waals surface area (Å²) >= 11 is 11.8. The molecule has 1 aromatic heterocycles. The summed E-state index contributed by atoms with van der Waals surface area (Å²) in [7, 11) is -2.01. The molecule has 0 saturated carbocycles. The Morgan fingerprint density at radius 2 is 1.95 bits per heavy atom. The maximum atomic E-state index is 12.2. The molecule has 0 spiro atoms. The van der Waals surface area contributed by atoms with Crippen LogP contribution < -0.4 is 10.5 Å². The van der Waals surface area contributed by atoms with Crippen LogP contribution in [0.2, 0.25) is 10.0 Å². The Morgan fingerprint density at radius 1 is 1.33 bits per heavy atom. The van der Waals surface area contributed by atoms with Gasteiger partial charge in [-0.3, -0.25) is 4.68 Å². The molecule has 2 aromatic rings. The highest BCUT2D eigenvalue weighted by Gasteiger charge is 2.22. The standard InChI is InChI=1S/C12H14Cl2N4O2S/c1-18-5-3-9(17-18)2-4-16-21(19,20)12-10(13)6-8(15)7-11(12)14/h3,5-7,16H,2,4,15H2,1H3. The Kier molecular flexibility index (Phi) is 4.77. The van der Waals surface area contributed by atoms with Gasteiger partial charge in [-0.15, -0.1) is 0 Å². The van der Waals surface area contributed by atoms with E-state index in [2.05, 4.69) is 9.82 Å². The maximum absolute atomic E-state index is 12.2. The Bertz CT molecular complexity index is 735. The van der Waals surface area contributed by atoms with E-state index in [1.807, 2.05) is 6.07 Å². The zero-order valence-corrected chi connectivity index (χ0v) is 13.5. The van der Waals surface area contributed by atoms with Gasteiger partial charge in [0.2, 0.25) is 10.0 Å². The van der Waals surface area contributed by atoms with Crippen molar-refractivity contribution in [3.05, 3.63) is 40.1 Å². The number of hydrogen-bond acceptors (Lipinski definition) is 4. The maximum Gasteiger partial charge on any atom is 0.243 e. The van der Waals surface area contributed by atoms with Crippen LogP contribution in [0.3, 0.4) is 0 Å². The number of aromatic nitrogens is 2. The van der Waals surface area contributed by atoms with Gasteiger partial charge in [-0.25, -0.2) is 13.1 Å². The number of halogens is 2. The Balaban J connectivity index is 2.12. The smallest absolute Gasteiger partial charge is 0.243 e. The number of rotatable bonds is 5. The van der Waals surface area contributed by atoms with Crippen LogP contribution in [0.15, 0.2) is 29.3 Å². The van der Waals surface area contributed by atoms with E-state index in [0.29, 0.717) is 12.1 Å². The zero-order chi connectivity index (χ0) is 15.6. The van der Waals surface area contributed by atoms with Gasteiger partial charge in [0.1, 0.15) is 4.90 Å². The summed E-state index contributed by atoms with van der Waals surface area (Å²) in [4.78, 5) is -0.166. The van der Waals surface area contributed by atoms with Crippen molar-refractivity contribution in [3.8, 4) is 0 Å². The highest BCUT2D eigenvalue weighted by atomic mass is 35.5. The van der Waals surface area contributed by atoms with Gasteiger partial charge in [-0.2, -0.15) is 5.10 Å². The van der Waals surface area contributed by atoms with Gasteiger partial charge in [0.25, 0.3) is 0 Å². The number of hydrogen-bond donors (Lipinski definition) is 2. The molecule has 0 radical (unpaired) electrons. The molecule has 1 aromatic carbocycles. The third-order valence-corrected chi connectivity index (χ3v) is 5.11. The van der Waals surface area contributed by atoms with Crippen LogP contribution in [0.1, 0.15) is 5.69 Å². The molecule has 0 saturated heterocycles. The van der Waals surface area contributed by atoms with Crippen molar-refractivity contribution in [2.24, 2.45) is 7.05 Å². The molecule has 21 heavy (non-hydrogen) atoms. The topological polar surface area (TPSA) is 90.0 Å². The molecule has 0 aliphatic rings. The first kappa shape index (κ1) is 16.1. The minimum atomic E-state index is -3.81. The molecule has 0 fully saturated rings. The number of nitrogens with two attached hydrogens (primary N) is 1. The normalized spacial score (nSPS) is 11.8. The average Bonchev–Trinajstić information content (AvgIpc) is 2.72. The third-order valence-electron chi connectivity index (χ3n) is 2.73. The van der Waals surface area contributed by atoms with Crippen molar-refractivity contribution in [2.45, 2.75) is 11.3 Å². The van der Waals surface area contributed by atoms with Gasteiger partial charge in [0, 0.05) is 31.9 Å². The molecule has 1 heterocycles. The fourth-order valence-corrected chi connectivity index (χ4v) is 4.08. The van der Waals surface area contributed by atoms with E-state index in [-0.39, 0.29) is 21.5 Å². The molecule has 0 atom stereocenters. The van der Waals surface area contributed by atoms with E-state index < -0.39 is 10.0 Å². The molecule has 9 heteroatoms. The molecule has 3 N–H and O–H groups in total. The summed E-state index contributed by atoms with van der Waals surface area (Å²) in [6, 6.07) is 4.51. The minimum Gasteiger partial charge on any atom is -0.399 e. The molecule has 6 nitrogen and oxygen atoms in total. The van der Waals surface area contributed by atoms with Crippen molar-refractivity contribution in [2.75, 3.05) is 12.3 Å². The van der Waals surface area contributed by atoms with Crippen molar-refractivity contribution in [1.82, 2.24) is 14.5 Å². The van der Waals surface area contributed by atoms with Crippen molar-refractivity contribution >= 4 is 38.9 Å². The fourth-order valence-electron chi connectivity index (χ4n) is 1.82. The van der Waals surface area contributed by atoms with Gasteiger partial charge in [-0.05, 0) is 18.2 Å². The Morgan fingerprint density at radius 3 is 2.48 bits per heavy atom. The lowest BCUT2D eigenvalue weighted by atomic mass is 10.3. The molecule has 0 unspecified atom stereocenters. The van der Waals surface area contributed by atoms with Crippen LogP contribution in [0.25, 0.3) is 0 Å². The first-order valence-electron chi connectivity index (χ1n) is 6.02. The van der Waals surface area contributed by atoms with Crippen LogP contribution in [0.4, 0.5) is 5.69 Å². The SMILES string of the molecule is Cn1ccc(CCNS(=O)(=O)c2c(Cl)cc(N)cc2Cl)n1. The van der Waals surface area contributed by atoms with Crippen LogP contribution in [-0.4, -0.2) is 24.7 Å². The van der Waals surface area contributed by atoms with Gasteiger partial charge < -0.3 is 5.73 Å². The van der Waals surface area contributed by atoms with Crippen LogP contribution in [0, 0.1) is 0 Å². The second kappa shape index (κ2) is 6.23. The fraction of sp³-hybridized carbons (Fsp3) is 0.250. The Hall–Kier alpha value is -1.28. The summed E-state index contributed by atoms with van der Waals surface area (Å²) in [5, 5.41) is 4.14. The van der Waals surface area contributed by atoms with E-state index >= 15 is 0 Å². The monoisotopic (exact) mass is 348 g/mol.